The Morgan fingerprint density at radius 1 is 1.42 bits per heavy atom. The predicted octanol–water partition coefficient (Wildman–Crippen LogP) is 3.11. The first-order valence-corrected chi connectivity index (χ1v) is 8.00. The fourth-order valence-electron chi connectivity index (χ4n) is 3.13. The highest BCUT2D eigenvalue weighted by atomic mass is 16.5. The average molecular weight is 271 g/mol. The van der Waals surface area contributed by atoms with Crippen LogP contribution in [0.15, 0.2) is 0 Å². The summed E-state index contributed by atoms with van der Waals surface area (Å²) in [5.41, 5.74) is -0.213. The Balaban J connectivity index is 2.37. The van der Waals surface area contributed by atoms with E-state index in [9.17, 15) is 5.11 Å². The zero-order valence-electron chi connectivity index (χ0n) is 13.2. The van der Waals surface area contributed by atoms with Crippen molar-refractivity contribution in [2.75, 3.05) is 13.2 Å². The Kier molecular flexibility index (Phi) is 7.33. The largest absolute Gasteiger partial charge is 0.394 e. The van der Waals surface area contributed by atoms with E-state index >= 15 is 0 Å². The fourth-order valence-corrected chi connectivity index (χ4v) is 3.13. The van der Waals surface area contributed by atoms with Crippen molar-refractivity contribution < 1.29 is 9.84 Å². The Bertz CT molecular complexity index is 247. The smallest absolute Gasteiger partial charge is 0.0611 e. The molecule has 1 fully saturated rings. The van der Waals surface area contributed by atoms with Gasteiger partial charge in [0.1, 0.15) is 0 Å². The predicted molar refractivity (Wildman–Crippen MR) is 80.4 cm³/mol. The first-order valence-electron chi connectivity index (χ1n) is 8.00. The highest BCUT2D eigenvalue weighted by Crippen LogP contribution is 2.27. The van der Waals surface area contributed by atoms with Crippen LogP contribution in [-0.4, -0.2) is 36.0 Å². The highest BCUT2D eigenvalue weighted by Gasteiger charge is 2.28. The molecule has 0 aromatic carbocycles. The normalized spacial score (nSPS) is 28.9. The molecule has 0 heterocycles. The van der Waals surface area contributed by atoms with Gasteiger partial charge in [-0.05, 0) is 52.0 Å². The molecular weight excluding hydrogens is 238 g/mol. The van der Waals surface area contributed by atoms with Crippen LogP contribution in [0.2, 0.25) is 0 Å². The standard InChI is InChI=1S/C16H33NO2/c1-5-9-17-16(4,12-18)11-14(3)19-15-8-6-7-13(2)10-15/h13-15,17-18H,5-12H2,1-4H3. The van der Waals surface area contributed by atoms with Crippen molar-refractivity contribution in [1.29, 1.82) is 0 Å². The summed E-state index contributed by atoms with van der Waals surface area (Å²) in [4.78, 5) is 0. The Morgan fingerprint density at radius 3 is 2.74 bits per heavy atom. The maximum atomic E-state index is 9.59. The number of hydrogen-bond donors (Lipinski definition) is 2. The molecule has 0 bridgehead atoms. The molecule has 0 spiro atoms. The third kappa shape index (κ3) is 6.24. The second-order valence-electron chi connectivity index (χ2n) is 6.69. The quantitative estimate of drug-likeness (QED) is 0.713. The van der Waals surface area contributed by atoms with Gasteiger partial charge in [0.15, 0.2) is 0 Å². The Labute approximate surface area is 119 Å². The molecule has 0 aliphatic heterocycles. The number of ether oxygens (including phenoxy) is 1. The third-order valence-corrected chi connectivity index (χ3v) is 4.20. The van der Waals surface area contributed by atoms with E-state index in [1.165, 1.54) is 25.7 Å². The van der Waals surface area contributed by atoms with Crippen LogP contribution in [0.25, 0.3) is 0 Å². The van der Waals surface area contributed by atoms with Crippen molar-refractivity contribution >= 4 is 0 Å². The minimum Gasteiger partial charge on any atom is -0.394 e. The van der Waals surface area contributed by atoms with Crippen LogP contribution in [0.1, 0.15) is 66.2 Å². The van der Waals surface area contributed by atoms with Gasteiger partial charge >= 0.3 is 0 Å². The summed E-state index contributed by atoms with van der Waals surface area (Å²) in [5, 5.41) is 13.0. The molecule has 2 N–H and O–H groups in total. The summed E-state index contributed by atoms with van der Waals surface area (Å²) in [6.07, 6.45) is 7.63. The lowest BCUT2D eigenvalue weighted by molar-refractivity contribution is -0.0471. The van der Waals surface area contributed by atoms with Crippen LogP contribution in [0.3, 0.4) is 0 Å². The molecule has 1 aliphatic rings. The summed E-state index contributed by atoms with van der Waals surface area (Å²) < 4.78 is 6.19. The molecule has 114 valence electrons. The second-order valence-corrected chi connectivity index (χ2v) is 6.69. The molecule has 4 unspecified atom stereocenters. The highest BCUT2D eigenvalue weighted by molar-refractivity contribution is 4.85. The molecule has 1 aliphatic carbocycles. The average Bonchev–Trinajstić information content (AvgIpc) is 2.36. The molecule has 1 saturated carbocycles. The zero-order chi connectivity index (χ0) is 14.3. The van der Waals surface area contributed by atoms with Crippen LogP contribution in [-0.2, 0) is 4.74 Å². The summed E-state index contributed by atoms with van der Waals surface area (Å²) in [7, 11) is 0. The summed E-state index contributed by atoms with van der Waals surface area (Å²) >= 11 is 0. The van der Waals surface area contributed by atoms with Gasteiger partial charge in [-0.2, -0.15) is 0 Å². The summed E-state index contributed by atoms with van der Waals surface area (Å²) in [6, 6.07) is 0. The van der Waals surface area contributed by atoms with Gasteiger partial charge in [0.25, 0.3) is 0 Å². The Morgan fingerprint density at radius 2 is 2.16 bits per heavy atom. The molecule has 1 rings (SSSR count). The molecule has 0 amide bonds. The van der Waals surface area contributed by atoms with Gasteiger partial charge in [0, 0.05) is 5.54 Å². The van der Waals surface area contributed by atoms with Crippen molar-refractivity contribution in [3.05, 3.63) is 0 Å². The lowest BCUT2D eigenvalue weighted by Gasteiger charge is -2.35. The van der Waals surface area contributed by atoms with E-state index in [-0.39, 0.29) is 18.2 Å². The third-order valence-electron chi connectivity index (χ3n) is 4.20. The minimum atomic E-state index is -0.213. The molecule has 3 nitrogen and oxygen atoms in total. The molecule has 0 aromatic heterocycles. The van der Waals surface area contributed by atoms with Crippen molar-refractivity contribution in [3.63, 3.8) is 0 Å². The molecule has 0 aromatic rings. The fraction of sp³-hybridized carbons (Fsp3) is 1.00. The molecule has 3 heteroatoms. The molecule has 0 saturated heterocycles. The van der Waals surface area contributed by atoms with E-state index in [4.69, 9.17) is 4.74 Å². The van der Waals surface area contributed by atoms with Gasteiger partial charge in [0.2, 0.25) is 0 Å². The van der Waals surface area contributed by atoms with Crippen molar-refractivity contribution in [3.8, 4) is 0 Å². The Hall–Kier alpha value is -0.120. The molecular formula is C16H33NO2. The van der Waals surface area contributed by atoms with Crippen LogP contribution in [0, 0.1) is 5.92 Å². The van der Waals surface area contributed by atoms with Crippen molar-refractivity contribution in [2.45, 2.75) is 84.0 Å². The molecule has 4 atom stereocenters. The number of aliphatic hydroxyl groups is 1. The number of nitrogens with one attached hydrogen (secondary N) is 1. The van der Waals surface area contributed by atoms with Crippen LogP contribution in [0.4, 0.5) is 0 Å². The van der Waals surface area contributed by atoms with Gasteiger partial charge in [-0.1, -0.05) is 26.7 Å². The van der Waals surface area contributed by atoms with E-state index in [1.807, 2.05) is 0 Å². The maximum absolute atomic E-state index is 9.59. The van der Waals surface area contributed by atoms with E-state index in [1.54, 1.807) is 0 Å². The molecule has 19 heavy (non-hydrogen) atoms. The number of rotatable bonds is 8. The van der Waals surface area contributed by atoms with Gasteiger partial charge in [-0.15, -0.1) is 0 Å². The van der Waals surface area contributed by atoms with Gasteiger partial charge in [-0.25, -0.2) is 0 Å². The zero-order valence-corrected chi connectivity index (χ0v) is 13.2. The van der Waals surface area contributed by atoms with Crippen molar-refractivity contribution in [2.24, 2.45) is 5.92 Å². The SMILES string of the molecule is CCCNC(C)(CO)CC(C)OC1CCCC(C)C1. The van der Waals surface area contributed by atoms with Crippen LogP contribution < -0.4 is 5.32 Å². The van der Waals surface area contributed by atoms with E-state index in [0.717, 1.165) is 25.3 Å². The summed E-state index contributed by atoms with van der Waals surface area (Å²) in [5.74, 6) is 0.799. The second kappa shape index (κ2) is 8.23. The van der Waals surface area contributed by atoms with E-state index in [2.05, 4.69) is 33.0 Å². The number of aliphatic hydroxyl groups excluding tert-OH is 1. The first-order chi connectivity index (χ1) is 8.99. The van der Waals surface area contributed by atoms with Crippen LogP contribution in [0.5, 0.6) is 0 Å². The maximum Gasteiger partial charge on any atom is 0.0611 e. The van der Waals surface area contributed by atoms with Gasteiger partial charge < -0.3 is 15.2 Å². The monoisotopic (exact) mass is 271 g/mol. The first kappa shape index (κ1) is 16.9. The van der Waals surface area contributed by atoms with Crippen molar-refractivity contribution in [1.82, 2.24) is 5.32 Å². The van der Waals surface area contributed by atoms with E-state index in [0.29, 0.717) is 6.10 Å². The minimum absolute atomic E-state index is 0.168. The lowest BCUT2D eigenvalue weighted by Crippen LogP contribution is -2.48. The topological polar surface area (TPSA) is 41.5 Å². The molecule has 0 radical (unpaired) electrons. The van der Waals surface area contributed by atoms with E-state index < -0.39 is 0 Å². The van der Waals surface area contributed by atoms with Gasteiger partial charge in [-0.3, -0.25) is 0 Å². The van der Waals surface area contributed by atoms with Gasteiger partial charge in [0.05, 0.1) is 18.8 Å². The lowest BCUT2D eigenvalue weighted by atomic mass is 9.88. The number of hydrogen-bond acceptors (Lipinski definition) is 3. The van der Waals surface area contributed by atoms with Crippen LogP contribution >= 0.6 is 0 Å². The summed E-state index contributed by atoms with van der Waals surface area (Å²) in [6.45, 7) is 9.81.